The average Bonchev–Trinajstić information content (AvgIpc) is 2.96. The molecule has 2 rings (SSSR count). The second-order valence-corrected chi connectivity index (χ2v) is 2.76. The fraction of sp³-hybridized carbons (Fsp3) is 0.400. The molecule has 1 fully saturated rings. The van der Waals surface area contributed by atoms with Gasteiger partial charge in [-0.25, -0.2) is 0 Å². The van der Waals surface area contributed by atoms with Crippen LogP contribution < -0.4 is 11.1 Å². The van der Waals surface area contributed by atoms with Crippen molar-refractivity contribution < 1.29 is 4.74 Å². The molecule has 1 aliphatic rings. The summed E-state index contributed by atoms with van der Waals surface area (Å²) in [6.45, 7) is 5.01. The predicted octanol–water partition coefficient (Wildman–Crippen LogP) is 1.72. The summed E-state index contributed by atoms with van der Waals surface area (Å²) in [5.41, 5.74) is 7.42. The third kappa shape index (κ3) is 5.09. The molecule has 3 nitrogen and oxygen atoms in total. The van der Waals surface area contributed by atoms with Crippen molar-refractivity contribution in [3.05, 3.63) is 24.3 Å². The molecule has 3 N–H and O–H groups in total. The van der Waals surface area contributed by atoms with Gasteiger partial charge in [0.05, 0.1) is 13.2 Å². The Morgan fingerprint density at radius 3 is 2.23 bits per heavy atom. The molecule has 0 radical (unpaired) electrons. The molecule has 1 aliphatic heterocycles. The van der Waals surface area contributed by atoms with Gasteiger partial charge in [-0.15, -0.1) is 0 Å². The van der Waals surface area contributed by atoms with Crippen molar-refractivity contribution >= 4 is 11.4 Å². The van der Waals surface area contributed by atoms with Crippen molar-refractivity contribution in [2.24, 2.45) is 0 Å². The van der Waals surface area contributed by atoms with Gasteiger partial charge in [-0.1, -0.05) is 0 Å². The van der Waals surface area contributed by atoms with Crippen molar-refractivity contribution in [2.75, 3.05) is 30.8 Å². The Bertz CT molecular complexity index is 228. The Kier molecular flexibility index (Phi) is 4.12. The Morgan fingerprint density at radius 2 is 1.85 bits per heavy atom. The fourth-order valence-electron chi connectivity index (χ4n) is 0.805. The first-order chi connectivity index (χ1) is 6.33. The number of nitrogen functional groups attached to an aromatic ring is 1. The molecular weight excluding hydrogens is 164 g/mol. The van der Waals surface area contributed by atoms with Gasteiger partial charge >= 0.3 is 0 Å². The standard InChI is InChI=1S/C8H12N2.C2H4O/c1-2-10-8-5-3-7(9)4-6-8;1-2-3-1/h3-6,10H,2,9H2,1H3;1-2H2. The summed E-state index contributed by atoms with van der Waals surface area (Å²) >= 11 is 0. The first-order valence-corrected chi connectivity index (χ1v) is 4.50. The van der Waals surface area contributed by atoms with Gasteiger partial charge in [-0.05, 0) is 31.2 Å². The Hall–Kier alpha value is -1.22. The highest BCUT2D eigenvalue weighted by Crippen LogP contribution is 2.09. The van der Waals surface area contributed by atoms with E-state index in [0.29, 0.717) is 0 Å². The van der Waals surface area contributed by atoms with E-state index in [1.54, 1.807) is 0 Å². The third-order valence-electron chi connectivity index (χ3n) is 1.50. The van der Waals surface area contributed by atoms with E-state index in [9.17, 15) is 0 Å². The van der Waals surface area contributed by atoms with Crippen LogP contribution in [0.1, 0.15) is 6.92 Å². The van der Waals surface area contributed by atoms with Crippen LogP contribution in [0.25, 0.3) is 0 Å². The van der Waals surface area contributed by atoms with Gasteiger partial charge in [0.25, 0.3) is 0 Å². The van der Waals surface area contributed by atoms with E-state index in [0.717, 1.165) is 31.1 Å². The maximum atomic E-state index is 5.50. The van der Waals surface area contributed by atoms with Crippen LogP contribution >= 0.6 is 0 Å². The maximum Gasteiger partial charge on any atom is 0.0701 e. The summed E-state index contributed by atoms with van der Waals surface area (Å²) in [7, 11) is 0. The van der Waals surface area contributed by atoms with E-state index in [1.165, 1.54) is 0 Å². The summed E-state index contributed by atoms with van der Waals surface area (Å²) in [6.07, 6.45) is 0. The third-order valence-corrected chi connectivity index (χ3v) is 1.50. The maximum absolute atomic E-state index is 5.50. The van der Waals surface area contributed by atoms with Crippen LogP contribution in [-0.2, 0) is 4.74 Å². The molecule has 1 saturated heterocycles. The molecule has 0 amide bonds. The van der Waals surface area contributed by atoms with Gasteiger partial charge in [-0.3, -0.25) is 0 Å². The minimum Gasteiger partial charge on any atom is -0.399 e. The van der Waals surface area contributed by atoms with Crippen LogP contribution in [0.5, 0.6) is 0 Å². The van der Waals surface area contributed by atoms with Crippen molar-refractivity contribution in [3.8, 4) is 0 Å². The largest absolute Gasteiger partial charge is 0.399 e. The van der Waals surface area contributed by atoms with Crippen LogP contribution in [0.3, 0.4) is 0 Å². The number of nitrogens with two attached hydrogens (primary N) is 1. The minimum atomic E-state index is 0.807. The Morgan fingerprint density at radius 1 is 1.31 bits per heavy atom. The highest BCUT2D eigenvalue weighted by Gasteiger charge is 1.94. The molecule has 1 aromatic carbocycles. The van der Waals surface area contributed by atoms with Crippen LogP contribution in [0.15, 0.2) is 24.3 Å². The van der Waals surface area contributed by atoms with Gasteiger partial charge in [0.2, 0.25) is 0 Å². The van der Waals surface area contributed by atoms with E-state index in [1.807, 2.05) is 24.3 Å². The molecular formula is C10H16N2O. The van der Waals surface area contributed by atoms with Gasteiger partial charge in [0, 0.05) is 17.9 Å². The zero-order chi connectivity index (χ0) is 9.52. The zero-order valence-corrected chi connectivity index (χ0v) is 7.92. The summed E-state index contributed by atoms with van der Waals surface area (Å²) in [6, 6.07) is 7.72. The summed E-state index contributed by atoms with van der Waals surface area (Å²) in [5, 5.41) is 3.18. The quantitative estimate of drug-likeness (QED) is 0.538. The SMILES string of the molecule is C1CO1.CCNc1ccc(N)cc1. The molecule has 0 bridgehead atoms. The molecule has 72 valence electrons. The molecule has 1 heterocycles. The first-order valence-electron chi connectivity index (χ1n) is 4.50. The molecule has 0 spiro atoms. The predicted molar refractivity (Wildman–Crippen MR) is 55.8 cm³/mol. The fourth-order valence-corrected chi connectivity index (χ4v) is 0.805. The molecule has 13 heavy (non-hydrogen) atoms. The molecule has 0 unspecified atom stereocenters. The number of hydrogen-bond acceptors (Lipinski definition) is 3. The smallest absolute Gasteiger partial charge is 0.0701 e. The van der Waals surface area contributed by atoms with E-state index in [-0.39, 0.29) is 0 Å². The van der Waals surface area contributed by atoms with Crippen LogP contribution in [0, 0.1) is 0 Å². The number of ether oxygens (including phenoxy) is 1. The second-order valence-electron chi connectivity index (χ2n) is 2.76. The summed E-state index contributed by atoms with van der Waals surface area (Å²) in [4.78, 5) is 0. The lowest BCUT2D eigenvalue weighted by Crippen LogP contribution is -1.95. The number of hydrogen-bond donors (Lipinski definition) is 2. The van der Waals surface area contributed by atoms with Crippen molar-refractivity contribution in [1.82, 2.24) is 0 Å². The number of benzene rings is 1. The molecule has 0 atom stereocenters. The van der Waals surface area contributed by atoms with Gasteiger partial charge in [-0.2, -0.15) is 0 Å². The molecule has 3 heteroatoms. The summed E-state index contributed by atoms with van der Waals surface area (Å²) in [5.74, 6) is 0. The van der Waals surface area contributed by atoms with Crippen molar-refractivity contribution in [1.29, 1.82) is 0 Å². The number of rotatable bonds is 2. The number of anilines is 2. The lowest BCUT2D eigenvalue weighted by atomic mass is 10.3. The second kappa shape index (κ2) is 5.43. The topological polar surface area (TPSA) is 50.6 Å². The number of epoxide rings is 1. The van der Waals surface area contributed by atoms with Crippen molar-refractivity contribution in [3.63, 3.8) is 0 Å². The average molecular weight is 180 g/mol. The van der Waals surface area contributed by atoms with Gasteiger partial charge < -0.3 is 15.8 Å². The van der Waals surface area contributed by atoms with E-state index in [4.69, 9.17) is 5.73 Å². The Labute approximate surface area is 78.9 Å². The minimum absolute atomic E-state index is 0.807. The lowest BCUT2D eigenvalue weighted by molar-refractivity contribution is 0.475. The van der Waals surface area contributed by atoms with Crippen LogP contribution in [0.4, 0.5) is 11.4 Å². The first kappa shape index (κ1) is 9.86. The zero-order valence-electron chi connectivity index (χ0n) is 7.92. The van der Waals surface area contributed by atoms with Gasteiger partial charge in [0.1, 0.15) is 0 Å². The van der Waals surface area contributed by atoms with Crippen LogP contribution in [-0.4, -0.2) is 19.8 Å². The molecule has 1 aromatic rings. The van der Waals surface area contributed by atoms with Crippen molar-refractivity contribution in [2.45, 2.75) is 6.92 Å². The number of nitrogens with one attached hydrogen (secondary N) is 1. The van der Waals surface area contributed by atoms with Gasteiger partial charge in [0.15, 0.2) is 0 Å². The van der Waals surface area contributed by atoms with E-state index in [2.05, 4.69) is 17.0 Å². The highest BCUT2D eigenvalue weighted by molar-refractivity contribution is 5.50. The molecule has 0 aromatic heterocycles. The normalized spacial score (nSPS) is 12.7. The molecule has 0 aliphatic carbocycles. The Balaban J connectivity index is 0.000000236. The monoisotopic (exact) mass is 180 g/mol. The summed E-state index contributed by atoms with van der Waals surface area (Å²) < 4.78 is 4.50. The van der Waals surface area contributed by atoms with Crippen LogP contribution in [0.2, 0.25) is 0 Å². The highest BCUT2D eigenvalue weighted by atomic mass is 16.6. The van der Waals surface area contributed by atoms with E-state index < -0.39 is 0 Å². The van der Waals surface area contributed by atoms with E-state index >= 15 is 0 Å². The molecule has 0 saturated carbocycles. The lowest BCUT2D eigenvalue weighted by Gasteiger charge is -2.01.